The van der Waals surface area contributed by atoms with Crippen molar-refractivity contribution in [2.24, 2.45) is 5.92 Å². The number of piperidine rings is 1. The molecular weight excluding hydrogens is 224 g/mol. The Morgan fingerprint density at radius 3 is 2.94 bits per heavy atom. The van der Waals surface area contributed by atoms with Crippen LogP contribution >= 0.6 is 0 Å². The summed E-state index contributed by atoms with van der Waals surface area (Å²) >= 11 is 0. The van der Waals surface area contributed by atoms with E-state index >= 15 is 0 Å². The minimum Gasteiger partial charge on any atom is -0.481 e. The second kappa shape index (κ2) is 4.57. The first kappa shape index (κ1) is 11.6. The van der Waals surface area contributed by atoms with Crippen LogP contribution in [0, 0.1) is 12.8 Å². The number of hydrogen-bond donors (Lipinski definition) is 1. The van der Waals surface area contributed by atoms with E-state index in [1.54, 1.807) is 6.92 Å². The molecule has 0 aliphatic carbocycles. The standard InChI is InChI=1S/C11H14N2O4/c1-7-5-12-17-9(7)10(14)13-4-2-3-8(6-13)11(15)16/h5,8H,2-4,6H2,1H3,(H,15,16)/t8-/m0/s1. The van der Waals surface area contributed by atoms with Gasteiger partial charge in [0, 0.05) is 18.7 Å². The Balaban J connectivity index is 2.10. The summed E-state index contributed by atoms with van der Waals surface area (Å²) < 4.78 is 4.89. The van der Waals surface area contributed by atoms with Gasteiger partial charge in [0.2, 0.25) is 5.76 Å². The lowest BCUT2D eigenvalue weighted by Gasteiger charge is -2.29. The van der Waals surface area contributed by atoms with Crippen LogP contribution in [0.3, 0.4) is 0 Å². The van der Waals surface area contributed by atoms with E-state index in [0.29, 0.717) is 24.9 Å². The van der Waals surface area contributed by atoms with Gasteiger partial charge in [-0.15, -0.1) is 0 Å². The van der Waals surface area contributed by atoms with Gasteiger partial charge in [0.15, 0.2) is 0 Å². The van der Waals surface area contributed by atoms with Gasteiger partial charge in [-0.2, -0.15) is 0 Å². The van der Waals surface area contributed by atoms with Gasteiger partial charge in [0.25, 0.3) is 5.91 Å². The van der Waals surface area contributed by atoms with Gasteiger partial charge in [0.05, 0.1) is 12.1 Å². The van der Waals surface area contributed by atoms with E-state index in [-0.39, 0.29) is 18.2 Å². The van der Waals surface area contributed by atoms with Crippen LogP contribution in [0.4, 0.5) is 0 Å². The molecule has 17 heavy (non-hydrogen) atoms. The number of likely N-dealkylation sites (tertiary alicyclic amines) is 1. The highest BCUT2D eigenvalue weighted by atomic mass is 16.5. The number of carbonyl (C=O) groups excluding carboxylic acids is 1. The number of amides is 1. The van der Waals surface area contributed by atoms with Crippen molar-refractivity contribution < 1.29 is 19.2 Å². The normalized spacial score (nSPS) is 20.3. The summed E-state index contributed by atoms with van der Waals surface area (Å²) in [6, 6.07) is 0. The van der Waals surface area contributed by atoms with Crippen LogP contribution in [0.5, 0.6) is 0 Å². The lowest BCUT2D eigenvalue weighted by atomic mass is 9.98. The van der Waals surface area contributed by atoms with Crippen LogP contribution in [-0.2, 0) is 4.79 Å². The van der Waals surface area contributed by atoms with E-state index in [2.05, 4.69) is 5.16 Å². The fourth-order valence-corrected chi connectivity index (χ4v) is 2.00. The van der Waals surface area contributed by atoms with E-state index in [1.807, 2.05) is 0 Å². The molecule has 92 valence electrons. The molecule has 0 aromatic carbocycles. The number of nitrogens with zero attached hydrogens (tertiary/aromatic N) is 2. The van der Waals surface area contributed by atoms with Gasteiger partial charge in [-0.25, -0.2) is 0 Å². The fourth-order valence-electron chi connectivity index (χ4n) is 2.00. The van der Waals surface area contributed by atoms with Crippen molar-refractivity contribution in [3.05, 3.63) is 17.5 Å². The zero-order valence-electron chi connectivity index (χ0n) is 9.55. The highest BCUT2D eigenvalue weighted by molar-refractivity contribution is 5.93. The summed E-state index contributed by atoms with van der Waals surface area (Å²) in [6.45, 7) is 2.55. The summed E-state index contributed by atoms with van der Waals surface area (Å²) in [5, 5.41) is 12.5. The molecule has 0 saturated carbocycles. The van der Waals surface area contributed by atoms with Gasteiger partial charge < -0.3 is 14.5 Å². The van der Waals surface area contributed by atoms with E-state index < -0.39 is 11.9 Å². The summed E-state index contributed by atoms with van der Waals surface area (Å²) in [6.07, 6.45) is 2.80. The molecule has 1 fully saturated rings. The molecular formula is C11H14N2O4. The van der Waals surface area contributed by atoms with Gasteiger partial charge in [-0.1, -0.05) is 5.16 Å². The number of aliphatic carboxylic acids is 1. The Morgan fingerprint density at radius 2 is 2.35 bits per heavy atom. The van der Waals surface area contributed by atoms with E-state index in [9.17, 15) is 9.59 Å². The van der Waals surface area contributed by atoms with E-state index in [0.717, 1.165) is 0 Å². The number of carboxylic acids is 1. The summed E-state index contributed by atoms with van der Waals surface area (Å²) in [7, 11) is 0. The Hall–Kier alpha value is -1.85. The second-order valence-corrected chi connectivity index (χ2v) is 4.27. The molecule has 1 aromatic heterocycles. The molecule has 0 spiro atoms. The van der Waals surface area contributed by atoms with Crippen molar-refractivity contribution >= 4 is 11.9 Å². The van der Waals surface area contributed by atoms with Gasteiger partial charge in [-0.3, -0.25) is 9.59 Å². The third kappa shape index (κ3) is 2.30. The van der Waals surface area contributed by atoms with E-state index in [4.69, 9.17) is 9.63 Å². The summed E-state index contributed by atoms with van der Waals surface area (Å²) in [5.41, 5.74) is 0.674. The molecule has 0 bridgehead atoms. The maximum atomic E-state index is 12.0. The lowest BCUT2D eigenvalue weighted by molar-refractivity contribution is -0.143. The predicted molar refractivity (Wildman–Crippen MR) is 57.5 cm³/mol. The molecule has 2 rings (SSSR count). The lowest BCUT2D eigenvalue weighted by Crippen LogP contribution is -2.42. The molecule has 1 aliphatic heterocycles. The first-order chi connectivity index (χ1) is 8.09. The first-order valence-electron chi connectivity index (χ1n) is 5.53. The molecule has 1 N–H and O–H groups in total. The molecule has 1 aliphatic rings. The monoisotopic (exact) mass is 238 g/mol. The Labute approximate surface area is 98.2 Å². The minimum atomic E-state index is -0.850. The number of carbonyl (C=O) groups is 2. The molecule has 6 nitrogen and oxygen atoms in total. The van der Waals surface area contributed by atoms with Gasteiger partial charge in [-0.05, 0) is 19.8 Å². The quantitative estimate of drug-likeness (QED) is 0.828. The molecule has 1 amide bonds. The number of hydrogen-bond acceptors (Lipinski definition) is 4. The van der Waals surface area contributed by atoms with Crippen molar-refractivity contribution in [1.29, 1.82) is 0 Å². The molecule has 1 atom stereocenters. The average molecular weight is 238 g/mol. The zero-order valence-corrected chi connectivity index (χ0v) is 9.55. The van der Waals surface area contributed by atoms with Crippen molar-refractivity contribution in [3.63, 3.8) is 0 Å². The van der Waals surface area contributed by atoms with Gasteiger partial charge >= 0.3 is 5.97 Å². The number of carboxylic acid groups (broad SMARTS) is 1. The van der Waals surface area contributed by atoms with Crippen LogP contribution in [0.15, 0.2) is 10.7 Å². The molecule has 6 heteroatoms. The maximum absolute atomic E-state index is 12.0. The molecule has 1 aromatic rings. The fraction of sp³-hybridized carbons (Fsp3) is 0.545. The van der Waals surface area contributed by atoms with Crippen LogP contribution in [0.25, 0.3) is 0 Å². The van der Waals surface area contributed by atoms with Crippen LogP contribution in [-0.4, -0.2) is 40.1 Å². The highest BCUT2D eigenvalue weighted by Gasteiger charge is 2.30. The van der Waals surface area contributed by atoms with Crippen LogP contribution < -0.4 is 0 Å². The van der Waals surface area contributed by atoms with Crippen LogP contribution in [0.2, 0.25) is 0 Å². The molecule has 0 radical (unpaired) electrons. The van der Waals surface area contributed by atoms with Crippen molar-refractivity contribution in [2.75, 3.05) is 13.1 Å². The van der Waals surface area contributed by atoms with Crippen molar-refractivity contribution in [2.45, 2.75) is 19.8 Å². The zero-order chi connectivity index (χ0) is 12.4. The Morgan fingerprint density at radius 1 is 1.59 bits per heavy atom. The molecule has 2 heterocycles. The third-order valence-electron chi connectivity index (χ3n) is 3.00. The second-order valence-electron chi connectivity index (χ2n) is 4.27. The number of rotatable bonds is 2. The van der Waals surface area contributed by atoms with E-state index in [1.165, 1.54) is 11.1 Å². The molecule has 1 saturated heterocycles. The largest absolute Gasteiger partial charge is 0.481 e. The predicted octanol–water partition coefficient (Wildman–Crippen LogP) is 0.920. The SMILES string of the molecule is Cc1cnoc1C(=O)N1CCC[C@H](C(=O)O)C1. The first-order valence-corrected chi connectivity index (χ1v) is 5.53. The highest BCUT2D eigenvalue weighted by Crippen LogP contribution is 2.19. The van der Waals surface area contributed by atoms with Crippen molar-refractivity contribution in [3.8, 4) is 0 Å². The summed E-state index contributed by atoms with van der Waals surface area (Å²) in [5.74, 6) is -1.39. The average Bonchev–Trinajstić information content (AvgIpc) is 2.74. The maximum Gasteiger partial charge on any atom is 0.308 e. The molecule has 0 unspecified atom stereocenters. The van der Waals surface area contributed by atoms with Crippen LogP contribution in [0.1, 0.15) is 29.0 Å². The topological polar surface area (TPSA) is 83.6 Å². The number of aryl methyl sites for hydroxylation is 1. The Kier molecular flexibility index (Phi) is 3.12. The van der Waals surface area contributed by atoms with Gasteiger partial charge in [0.1, 0.15) is 0 Å². The Bertz CT molecular complexity index is 440. The van der Waals surface area contributed by atoms with Crippen molar-refractivity contribution in [1.82, 2.24) is 10.1 Å². The third-order valence-corrected chi connectivity index (χ3v) is 3.00. The smallest absolute Gasteiger partial charge is 0.308 e. The number of aromatic nitrogens is 1. The minimum absolute atomic E-state index is 0.205. The summed E-state index contributed by atoms with van der Waals surface area (Å²) in [4.78, 5) is 24.5.